The average molecular weight is 332 g/mol. The van der Waals surface area contributed by atoms with Crippen molar-refractivity contribution in [3.05, 3.63) is 29.8 Å². The van der Waals surface area contributed by atoms with Gasteiger partial charge in [0, 0.05) is 12.1 Å². The monoisotopic (exact) mass is 332 g/mol. The third-order valence-corrected chi connectivity index (χ3v) is 4.99. The highest BCUT2D eigenvalue weighted by atomic mass is 16.5. The lowest BCUT2D eigenvalue weighted by Gasteiger charge is -2.26. The van der Waals surface area contributed by atoms with Gasteiger partial charge in [-0.3, -0.25) is 4.79 Å². The predicted octanol–water partition coefficient (Wildman–Crippen LogP) is 2.20. The largest absolute Gasteiger partial charge is 0.494 e. The van der Waals surface area contributed by atoms with Crippen LogP contribution in [0.15, 0.2) is 24.3 Å². The number of hydrogen-bond donors (Lipinski definition) is 2. The number of rotatable bonds is 8. The van der Waals surface area contributed by atoms with Gasteiger partial charge in [-0.25, -0.2) is 0 Å². The molecule has 1 aliphatic heterocycles. The number of aliphatic hydroxyl groups excluding tert-OH is 1. The number of piperidine rings is 1. The Balaban J connectivity index is 1.38. The van der Waals surface area contributed by atoms with Gasteiger partial charge in [0.25, 0.3) is 5.91 Å². The number of benzene rings is 1. The third kappa shape index (κ3) is 4.71. The topological polar surface area (TPSA) is 61.8 Å². The van der Waals surface area contributed by atoms with Crippen molar-refractivity contribution >= 4 is 5.91 Å². The summed E-state index contributed by atoms with van der Waals surface area (Å²) in [6, 6.07) is 7.24. The molecule has 0 aromatic heterocycles. The lowest BCUT2D eigenvalue weighted by molar-refractivity contribution is 0.0907. The molecule has 0 spiro atoms. The number of aliphatic hydroxyl groups is 1. The minimum atomic E-state index is -0.374. The van der Waals surface area contributed by atoms with Gasteiger partial charge < -0.3 is 20.1 Å². The fourth-order valence-corrected chi connectivity index (χ4v) is 3.15. The molecular weight excluding hydrogens is 304 g/mol. The van der Waals surface area contributed by atoms with Crippen molar-refractivity contribution in [3.63, 3.8) is 0 Å². The van der Waals surface area contributed by atoms with E-state index >= 15 is 0 Å². The zero-order chi connectivity index (χ0) is 16.8. The first kappa shape index (κ1) is 17.2. The van der Waals surface area contributed by atoms with Crippen LogP contribution in [0, 0.1) is 0 Å². The van der Waals surface area contributed by atoms with Gasteiger partial charge in [-0.1, -0.05) is 6.42 Å². The van der Waals surface area contributed by atoms with E-state index in [0.717, 1.165) is 31.6 Å². The smallest absolute Gasteiger partial charge is 0.251 e. The van der Waals surface area contributed by atoms with Crippen LogP contribution in [0.25, 0.3) is 0 Å². The Morgan fingerprint density at radius 3 is 2.50 bits per heavy atom. The minimum Gasteiger partial charge on any atom is -0.494 e. The van der Waals surface area contributed by atoms with Crippen molar-refractivity contribution in [2.45, 2.75) is 44.1 Å². The highest BCUT2D eigenvalue weighted by molar-refractivity contribution is 5.95. The van der Waals surface area contributed by atoms with Crippen molar-refractivity contribution in [2.24, 2.45) is 0 Å². The van der Waals surface area contributed by atoms with Gasteiger partial charge in [-0.2, -0.15) is 0 Å². The molecule has 3 rings (SSSR count). The first-order chi connectivity index (χ1) is 11.7. The highest BCUT2D eigenvalue weighted by Gasteiger charge is 2.43. The molecule has 0 bridgehead atoms. The lowest BCUT2D eigenvalue weighted by atomic mass is 10.1. The predicted molar refractivity (Wildman–Crippen MR) is 93.4 cm³/mol. The van der Waals surface area contributed by atoms with E-state index < -0.39 is 0 Å². The maximum atomic E-state index is 12.1. The summed E-state index contributed by atoms with van der Waals surface area (Å²) >= 11 is 0. The number of likely N-dealkylation sites (tertiary alicyclic amines) is 1. The fourth-order valence-electron chi connectivity index (χ4n) is 3.15. The fraction of sp³-hybridized carbons (Fsp3) is 0.632. The first-order valence-corrected chi connectivity index (χ1v) is 9.09. The van der Waals surface area contributed by atoms with Gasteiger partial charge in [0.1, 0.15) is 5.75 Å². The molecule has 1 aromatic rings. The molecular formula is C19H28N2O3. The molecule has 1 aliphatic carbocycles. The standard InChI is InChI=1S/C19H28N2O3/c22-15-19(9-10-19)20-18(23)16-5-7-17(8-6-16)24-14-4-13-21-11-2-1-3-12-21/h5-8,22H,1-4,9-15H2,(H,20,23). The summed E-state index contributed by atoms with van der Waals surface area (Å²) in [5.74, 6) is 0.673. The lowest BCUT2D eigenvalue weighted by Crippen LogP contribution is -2.39. The molecule has 5 nitrogen and oxygen atoms in total. The number of amides is 1. The quantitative estimate of drug-likeness (QED) is 0.717. The first-order valence-electron chi connectivity index (χ1n) is 9.09. The molecule has 1 amide bonds. The van der Waals surface area contributed by atoms with E-state index in [1.807, 2.05) is 12.1 Å². The molecule has 132 valence electrons. The van der Waals surface area contributed by atoms with Crippen LogP contribution in [-0.4, -0.2) is 54.3 Å². The van der Waals surface area contributed by atoms with E-state index in [1.54, 1.807) is 12.1 Å². The second kappa shape index (κ2) is 7.99. The Bertz CT molecular complexity index is 534. The number of nitrogens with one attached hydrogen (secondary N) is 1. The van der Waals surface area contributed by atoms with Crippen LogP contribution in [-0.2, 0) is 0 Å². The number of carbonyl (C=O) groups is 1. The summed E-state index contributed by atoms with van der Waals surface area (Å²) in [5, 5.41) is 12.2. The van der Waals surface area contributed by atoms with Gasteiger partial charge >= 0.3 is 0 Å². The second-order valence-electron chi connectivity index (χ2n) is 7.02. The summed E-state index contributed by atoms with van der Waals surface area (Å²) in [6.45, 7) is 4.26. The molecule has 1 heterocycles. The Morgan fingerprint density at radius 2 is 1.88 bits per heavy atom. The summed E-state index contributed by atoms with van der Waals surface area (Å²) < 4.78 is 5.77. The molecule has 0 unspecified atom stereocenters. The number of nitrogens with zero attached hydrogens (tertiary/aromatic N) is 1. The van der Waals surface area contributed by atoms with Crippen LogP contribution in [0.4, 0.5) is 0 Å². The maximum absolute atomic E-state index is 12.1. The van der Waals surface area contributed by atoms with Gasteiger partial charge in [0.2, 0.25) is 0 Å². The van der Waals surface area contributed by atoms with Gasteiger partial charge in [-0.05, 0) is 69.5 Å². The van der Waals surface area contributed by atoms with Crippen LogP contribution >= 0.6 is 0 Å². The van der Waals surface area contributed by atoms with Crippen molar-refractivity contribution in [2.75, 3.05) is 32.8 Å². The van der Waals surface area contributed by atoms with Gasteiger partial charge in [0.05, 0.1) is 18.8 Å². The third-order valence-electron chi connectivity index (χ3n) is 4.99. The van der Waals surface area contributed by atoms with Crippen molar-refractivity contribution < 1.29 is 14.6 Å². The van der Waals surface area contributed by atoms with Crippen molar-refractivity contribution in [1.29, 1.82) is 0 Å². The van der Waals surface area contributed by atoms with Crippen LogP contribution < -0.4 is 10.1 Å². The average Bonchev–Trinajstić information content (AvgIpc) is 3.40. The number of hydrogen-bond acceptors (Lipinski definition) is 4. The van der Waals surface area contributed by atoms with Crippen molar-refractivity contribution in [3.8, 4) is 5.75 Å². The Kier molecular flexibility index (Phi) is 5.74. The molecule has 24 heavy (non-hydrogen) atoms. The number of carbonyl (C=O) groups excluding carboxylic acids is 1. The molecule has 5 heteroatoms. The molecule has 2 aliphatic rings. The molecule has 1 saturated carbocycles. The Labute approximate surface area is 144 Å². The summed E-state index contributed by atoms with van der Waals surface area (Å²) in [4.78, 5) is 14.6. The summed E-state index contributed by atoms with van der Waals surface area (Å²) in [5.41, 5.74) is 0.233. The van der Waals surface area contributed by atoms with Crippen molar-refractivity contribution in [1.82, 2.24) is 10.2 Å². The van der Waals surface area contributed by atoms with Crippen LogP contribution in [0.3, 0.4) is 0 Å². The SMILES string of the molecule is O=C(NC1(CO)CC1)c1ccc(OCCCN2CCCCC2)cc1. The van der Waals surface area contributed by atoms with E-state index in [1.165, 1.54) is 32.4 Å². The van der Waals surface area contributed by atoms with Crippen LogP contribution in [0.1, 0.15) is 48.9 Å². The van der Waals surface area contributed by atoms with E-state index in [0.29, 0.717) is 12.2 Å². The van der Waals surface area contributed by atoms with Gasteiger partial charge in [0.15, 0.2) is 0 Å². The Morgan fingerprint density at radius 1 is 1.17 bits per heavy atom. The number of ether oxygens (including phenoxy) is 1. The molecule has 1 aromatic carbocycles. The Hall–Kier alpha value is -1.59. The molecule has 0 atom stereocenters. The van der Waals surface area contributed by atoms with E-state index in [4.69, 9.17) is 4.74 Å². The van der Waals surface area contributed by atoms with E-state index in [-0.39, 0.29) is 18.1 Å². The second-order valence-corrected chi connectivity index (χ2v) is 7.02. The summed E-state index contributed by atoms with van der Waals surface area (Å²) in [6.07, 6.45) is 6.75. The normalized spacial score (nSPS) is 19.7. The zero-order valence-corrected chi connectivity index (χ0v) is 14.3. The zero-order valence-electron chi connectivity index (χ0n) is 14.3. The molecule has 0 radical (unpaired) electrons. The summed E-state index contributed by atoms with van der Waals surface area (Å²) in [7, 11) is 0. The van der Waals surface area contributed by atoms with E-state index in [9.17, 15) is 9.90 Å². The molecule has 1 saturated heterocycles. The van der Waals surface area contributed by atoms with Gasteiger partial charge in [-0.15, -0.1) is 0 Å². The molecule has 2 fully saturated rings. The highest BCUT2D eigenvalue weighted by Crippen LogP contribution is 2.34. The maximum Gasteiger partial charge on any atom is 0.251 e. The minimum absolute atomic E-state index is 0.0109. The van der Waals surface area contributed by atoms with Crippen LogP contribution in [0.5, 0.6) is 5.75 Å². The molecule has 2 N–H and O–H groups in total. The van der Waals surface area contributed by atoms with E-state index in [2.05, 4.69) is 10.2 Å². The van der Waals surface area contributed by atoms with Crippen LogP contribution in [0.2, 0.25) is 0 Å².